The average molecular weight is 368 g/mol. The van der Waals surface area contributed by atoms with Gasteiger partial charge in [0.25, 0.3) is 0 Å². The normalized spacial score (nSPS) is 14.7. The molecule has 1 amide bonds. The Labute approximate surface area is 156 Å². The molecule has 140 valence electrons. The first kappa shape index (κ1) is 17.4. The van der Waals surface area contributed by atoms with Gasteiger partial charge in [-0.3, -0.25) is 4.79 Å². The second-order valence-corrected chi connectivity index (χ2v) is 6.75. The van der Waals surface area contributed by atoms with Crippen LogP contribution >= 0.6 is 0 Å². The molecule has 0 unspecified atom stereocenters. The third-order valence-electron chi connectivity index (χ3n) is 5.06. The third-order valence-corrected chi connectivity index (χ3v) is 5.06. The average Bonchev–Trinajstić information content (AvgIpc) is 3.39. The number of amides is 1. The number of H-pyrrole nitrogens is 1. The van der Waals surface area contributed by atoms with Crippen LogP contribution in [0.4, 0.5) is 4.39 Å². The quantitative estimate of drug-likeness (QED) is 0.627. The number of rotatable bonds is 7. The molecule has 2 aromatic carbocycles. The Bertz CT molecular complexity index is 961. The van der Waals surface area contributed by atoms with Gasteiger partial charge >= 0.3 is 0 Å². The molecule has 0 bridgehead atoms. The lowest BCUT2D eigenvalue weighted by molar-refractivity contribution is -0.123. The first-order valence-corrected chi connectivity index (χ1v) is 8.95. The Balaban J connectivity index is 1.36. The second kappa shape index (κ2) is 6.95. The Morgan fingerprint density at radius 3 is 2.63 bits per heavy atom. The van der Waals surface area contributed by atoms with Gasteiger partial charge in [0.1, 0.15) is 23.9 Å². The van der Waals surface area contributed by atoms with Gasteiger partial charge in [-0.2, -0.15) is 0 Å². The summed E-state index contributed by atoms with van der Waals surface area (Å²) >= 11 is 0. The summed E-state index contributed by atoms with van der Waals surface area (Å²) in [7, 11) is 1.61. The number of halogens is 1. The van der Waals surface area contributed by atoms with Gasteiger partial charge < -0.3 is 19.8 Å². The molecule has 0 radical (unpaired) electrons. The van der Waals surface area contributed by atoms with Crippen molar-refractivity contribution >= 4 is 16.8 Å². The minimum Gasteiger partial charge on any atom is -0.497 e. The fourth-order valence-corrected chi connectivity index (χ4v) is 3.41. The van der Waals surface area contributed by atoms with Gasteiger partial charge in [-0.15, -0.1) is 0 Å². The number of aromatic amines is 1. The Hall–Kier alpha value is -3.02. The summed E-state index contributed by atoms with van der Waals surface area (Å²) in [5, 5.41) is 3.87. The standard InChI is InChI=1S/C21H21FN2O3/c1-26-15-3-5-16(6-4-15)27-11-10-23-20(25)21(8-9-21)18-13-24-19-12-14(22)2-7-17(18)19/h2-7,12-13,24H,8-11H2,1H3,(H,23,25). The first-order valence-electron chi connectivity index (χ1n) is 8.95. The zero-order chi connectivity index (χ0) is 18.9. The van der Waals surface area contributed by atoms with E-state index in [2.05, 4.69) is 10.3 Å². The summed E-state index contributed by atoms with van der Waals surface area (Å²) in [6, 6.07) is 11.9. The summed E-state index contributed by atoms with van der Waals surface area (Å²) in [6.45, 7) is 0.802. The summed E-state index contributed by atoms with van der Waals surface area (Å²) in [5.41, 5.74) is 1.13. The molecule has 0 aliphatic heterocycles. The molecule has 2 N–H and O–H groups in total. The van der Waals surface area contributed by atoms with Crippen LogP contribution in [0.15, 0.2) is 48.7 Å². The maximum atomic E-state index is 13.4. The van der Waals surface area contributed by atoms with E-state index < -0.39 is 5.41 Å². The number of methoxy groups -OCH3 is 1. The van der Waals surface area contributed by atoms with E-state index in [1.54, 1.807) is 13.2 Å². The van der Waals surface area contributed by atoms with Crippen LogP contribution in [0, 0.1) is 5.82 Å². The molecule has 5 nitrogen and oxygen atoms in total. The molecule has 1 aromatic heterocycles. The maximum absolute atomic E-state index is 13.4. The van der Waals surface area contributed by atoms with Crippen LogP contribution in [0.2, 0.25) is 0 Å². The second-order valence-electron chi connectivity index (χ2n) is 6.75. The SMILES string of the molecule is COc1ccc(OCCNC(=O)C2(c3c[nH]c4cc(F)ccc34)CC2)cc1. The summed E-state index contributed by atoms with van der Waals surface area (Å²) < 4.78 is 24.1. The highest BCUT2D eigenvalue weighted by atomic mass is 19.1. The van der Waals surface area contributed by atoms with E-state index in [-0.39, 0.29) is 11.7 Å². The molecule has 4 rings (SSSR count). The van der Waals surface area contributed by atoms with E-state index in [1.165, 1.54) is 12.1 Å². The lowest BCUT2D eigenvalue weighted by Crippen LogP contribution is -2.37. The fourth-order valence-electron chi connectivity index (χ4n) is 3.41. The Morgan fingerprint density at radius 2 is 1.93 bits per heavy atom. The minimum atomic E-state index is -0.518. The van der Waals surface area contributed by atoms with Gasteiger partial charge in [-0.1, -0.05) is 0 Å². The number of ether oxygens (including phenoxy) is 2. The number of hydrogen-bond acceptors (Lipinski definition) is 3. The number of carbonyl (C=O) groups is 1. The van der Waals surface area contributed by atoms with Crippen molar-refractivity contribution in [1.29, 1.82) is 0 Å². The van der Waals surface area contributed by atoms with Gasteiger partial charge in [-0.05, 0) is 60.9 Å². The van der Waals surface area contributed by atoms with Crippen LogP contribution in [0.3, 0.4) is 0 Å². The smallest absolute Gasteiger partial charge is 0.230 e. The van der Waals surface area contributed by atoms with Crippen molar-refractivity contribution in [3.8, 4) is 11.5 Å². The number of hydrogen-bond donors (Lipinski definition) is 2. The van der Waals surface area contributed by atoms with Crippen LogP contribution in [0.1, 0.15) is 18.4 Å². The minimum absolute atomic E-state index is 0.00828. The van der Waals surface area contributed by atoms with Crippen LogP contribution in [0.25, 0.3) is 10.9 Å². The van der Waals surface area contributed by atoms with Crippen molar-refractivity contribution < 1.29 is 18.7 Å². The van der Waals surface area contributed by atoms with E-state index in [1.807, 2.05) is 30.5 Å². The van der Waals surface area contributed by atoms with Crippen molar-refractivity contribution in [1.82, 2.24) is 10.3 Å². The summed E-state index contributed by atoms with van der Waals surface area (Å²) in [6.07, 6.45) is 3.41. The van der Waals surface area contributed by atoms with Crippen LogP contribution in [-0.2, 0) is 10.2 Å². The predicted octanol–water partition coefficient (Wildman–Crippen LogP) is 3.54. The van der Waals surface area contributed by atoms with Gasteiger partial charge in [0.05, 0.1) is 19.1 Å². The molecule has 0 atom stereocenters. The van der Waals surface area contributed by atoms with Gasteiger partial charge in [0.15, 0.2) is 0 Å². The van der Waals surface area contributed by atoms with E-state index in [0.717, 1.165) is 35.3 Å². The van der Waals surface area contributed by atoms with E-state index in [9.17, 15) is 9.18 Å². The van der Waals surface area contributed by atoms with Crippen molar-refractivity contribution in [2.45, 2.75) is 18.3 Å². The number of nitrogens with one attached hydrogen (secondary N) is 2. The molecule has 0 spiro atoms. The molecule has 3 aromatic rings. The van der Waals surface area contributed by atoms with Crippen LogP contribution < -0.4 is 14.8 Å². The van der Waals surface area contributed by atoms with Gasteiger partial charge in [0.2, 0.25) is 5.91 Å². The monoisotopic (exact) mass is 368 g/mol. The van der Waals surface area contributed by atoms with Crippen molar-refractivity contribution in [3.63, 3.8) is 0 Å². The third kappa shape index (κ3) is 3.35. The molecule has 1 saturated carbocycles. The number of aromatic nitrogens is 1. The topological polar surface area (TPSA) is 63.4 Å². The highest BCUT2D eigenvalue weighted by Crippen LogP contribution is 2.50. The summed E-state index contributed by atoms with van der Waals surface area (Å²) in [4.78, 5) is 15.8. The zero-order valence-electron chi connectivity index (χ0n) is 15.0. The zero-order valence-corrected chi connectivity index (χ0v) is 15.0. The first-order chi connectivity index (χ1) is 13.1. The van der Waals surface area contributed by atoms with Crippen molar-refractivity contribution in [2.75, 3.05) is 20.3 Å². The van der Waals surface area contributed by atoms with E-state index >= 15 is 0 Å². The Kier molecular flexibility index (Phi) is 4.48. The molecule has 0 saturated heterocycles. The van der Waals surface area contributed by atoms with Crippen LogP contribution in [-0.4, -0.2) is 31.2 Å². The van der Waals surface area contributed by atoms with Gasteiger partial charge in [0, 0.05) is 17.1 Å². The van der Waals surface area contributed by atoms with Crippen molar-refractivity contribution in [3.05, 3.63) is 60.0 Å². The molecule has 1 heterocycles. The molecule has 27 heavy (non-hydrogen) atoms. The fraction of sp³-hybridized carbons (Fsp3) is 0.286. The van der Waals surface area contributed by atoms with Gasteiger partial charge in [-0.25, -0.2) is 4.39 Å². The summed E-state index contributed by atoms with van der Waals surface area (Å²) in [5.74, 6) is 1.20. The van der Waals surface area contributed by atoms with E-state index in [0.29, 0.717) is 18.7 Å². The number of fused-ring (bicyclic) bond motifs is 1. The largest absolute Gasteiger partial charge is 0.497 e. The lowest BCUT2D eigenvalue weighted by atomic mass is 9.94. The molecule has 1 aliphatic rings. The molecular weight excluding hydrogens is 347 g/mol. The predicted molar refractivity (Wildman–Crippen MR) is 101 cm³/mol. The molecule has 1 fully saturated rings. The lowest BCUT2D eigenvalue weighted by Gasteiger charge is -2.15. The molecule has 6 heteroatoms. The molecular formula is C21H21FN2O3. The number of carbonyl (C=O) groups excluding carboxylic acids is 1. The highest BCUT2D eigenvalue weighted by Gasteiger charge is 2.52. The van der Waals surface area contributed by atoms with E-state index in [4.69, 9.17) is 9.47 Å². The highest BCUT2D eigenvalue weighted by molar-refractivity contribution is 5.97. The van der Waals surface area contributed by atoms with Crippen LogP contribution in [0.5, 0.6) is 11.5 Å². The number of benzene rings is 2. The maximum Gasteiger partial charge on any atom is 0.230 e. The molecule has 1 aliphatic carbocycles. The van der Waals surface area contributed by atoms with Crippen molar-refractivity contribution in [2.24, 2.45) is 0 Å². The Morgan fingerprint density at radius 1 is 1.19 bits per heavy atom.